The molecule has 0 aliphatic rings. The lowest BCUT2D eigenvalue weighted by atomic mass is 10.1. The van der Waals surface area contributed by atoms with E-state index in [1.807, 2.05) is 13.0 Å². The minimum Gasteiger partial charge on any atom is -0.480 e. The van der Waals surface area contributed by atoms with Gasteiger partial charge in [0.2, 0.25) is 0 Å². The number of hydrogen-bond acceptors (Lipinski definition) is 3. The molecule has 4 nitrogen and oxygen atoms in total. The van der Waals surface area contributed by atoms with Gasteiger partial charge in [-0.2, -0.15) is 0 Å². The molecular formula is C11H16N2O2. The van der Waals surface area contributed by atoms with Crippen molar-refractivity contribution in [1.82, 2.24) is 4.98 Å². The van der Waals surface area contributed by atoms with Gasteiger partial charge in [0.15, 0.2) is 0 Å². The molecule has 0 aliphatic carbocycles. The van der Waals surface area contributed by atoms with Crippen LogP contribution in [0, 0.1) is 0 Å². The van der Waals surface area contributed by atoms with Crippen molar-refractivity contribution in [3.05, 3.63) is 24.4 Å². The topological polar surface area (TPSA) is 62.2 Å². The van der Waals surface area contributed by atoms with Crippen molar-refractivity contribution in [1.29, 1.82) is 0 Å². The smallest absolute Gasteiger partial charge is 0.326 e. The fraction of sp³-hybridized carbons (Fsp3) is 0.455. The fourth-order valence-corrected chi connectivity index (χ4v) is 1.29. The zero-order chi connectivity index (χ0) is 11.1. The van der Waals surface area contributed by atoms with Crippen LogP contribution in [0.3, 0.4) is 0 Å². The summed E-state index contributed by atoms with van der Waals surface area (Å²) in [6.45, 7) is 2.04. The van der Waals surface area contributed by atoms with Gasteiger partial charge in [-0.15, -0.1) is 0 Å². The van der Waals surface area contributed by atoms with E-state index in [1.54, 1.807) is 18.3 Å². The molecule has 1 aromatic rings. The molecule has 1 heterocycles. The molecule has 0 unspecified atom stereocenters. The van der Waals surface area contributed by atoms with E-state index in [1.165, 1.54) is 0 Å². The van der Waals surface area contributed by atoms with Crippen LogP contribution in [-0.4, -0.2) is 22.1 Å². The number of nitrogens with zero attached hydrogens (tertiary/aromatic N) is 1. The predicted molar refractivity (Wildman–Crippen MR) is 58.8 cm³/mol. The van der Waals surface area contributed by atoms with Crippen molar-refractivity contribution in [3.63, 3.8) is 0 Å². The van der Waals surface area contributed by atoms with Crippen LogP contribution in [0.2, 0.25) is 0 Å². The molecule has 1 rings (SSSR count). The van der Waals surface area contributed by atoms with Gasteiger partial charge in [0, 0.05) is 6.20 Å². The van der Waals surface area contributed by atoms with Crippen LogP contribution in [0.5, 0.6) is 0 Å². The summed E-state index contributed by atoms with van der Waals surface area (Å²) >= 11 is 0. The van der Waals surface area contributed by atoms with Gasteiger partial charge in [-0.05, 0) is 18.6 Å². The first-order valence-electron chi connectivity index (χ1n) is 5.14. The van der Waals surface area contributed by atoms with Crippen molar-refractivity contribution < 1.29 is 9.90 Å². The van der Waals surface area contributed by atoms with E-state index in [9.17, 15) is 4.79 Å². The highest BCUT2D eigenvalue weighted by molar-refractivity contribution is 5.76. The van der Waals surface area contributed by atoms with E-state index in [0.29, 0.717) is 12.2 Å². The molecule has 0 radical (unpaired) electrons. The lowest BCUT2D eigenvalue weighted by Gasteiger charge is -2.14. The van der Waals surface area contributed by atoms with Gasteiger partial charge in [0.05, 0.1) is 0 Å². The standard InChI is InChI=1S/C11H16N2O2/c1-2-3-6-9(11(14)15)13-10-7-4-5-8-12-10/h4-5,7-9H,2-3,6H2,1H3,(H,12,13)(H,14,15)/t9-/m0/s1. The molecule has 0 saturated carbocycles. The number of nitrogens with one attached hydrogen (secondary N) is 1. The van der Waals surface area contributed by atoms with E-state index in [-0.39, 0.29) is 0 Å². The summed E-state index contributed by atoms with van der Waals surface area (Å²) in [5.74, 6) is -0.213. The number of hydrogen-bond donors (Lipinski definition) is 2. The number of aromatic nitrogens is 1. The minimum atomic E-state index is -0.825. The highest BCUT2D eigenvalue weighted by Gasteiger charge is 2.16. The van der Waals surface area contributed by atoms with Gasteiger partial charge in [0.1, 0.15) is 11.9 Å². The summed E-state index contributed by atoms with van der Waals surface area (Å²) in [5.41, 5.74) is 0. The maximum atomic E-state index is 10.9. The van der Waals surface area contributed by atoms with Crippen LogP contribution in [0.25, 0.3) is 0 Å². The van der Waals surface area contributed by atoms with Crippen molar-refractivity contribution in [2.75, 3.05) is 5.32 Å². The lowest BCUT2D eigenvalue weighted by molar-refractivity contribution is -0.138. The van der Waals surface area contributed by atoms with Crippen LogP contribution >= 0.6 is 0 Å². The Balaban J connectivity index is 2.55. The second kappa shape index (κ2) is 6.01. The normalized spacial score (nSPS) is 12.1. The Hall–Kier alpha value is -1.58. The van der Waals surface area contributed by atoms with Crippen molar-refractivity contribution in [2.45, 2.75) is 32.2 Å². The third-order valence-electron chi connectivity index (χ3n) is 2.13. The molecular weight excluding hydrogens is 192 g/mol. The third-order valence-corrected chi connectivity index (χ3v) is 2.13. The Kier molecular flexibility index (Phi) is 4.60. The lowest BCUT2D eigenvalue weighted by Crippen LogP contribution is -2.29. The third kappa shape index (κ3) is 3.97. The number of anilines is 1. The van der Waals surface area contributed by atoms with E-state index >= 15 is 0 Å². The Morgan fingerprint density at radius 2 is 2.40 bits per heavy atom. The molecule has 4 heteroatoms. The highest BCUT2D eigenvalue weighted by atomic mass is 16.4. The number of carboxylic acids is 1. The molecule has 1 atom stereocenters. The molecule has 0 aliphatic heterocycles. The number of carbonyl (C=O) groups is 1. The molecule has 0 fully saturated rings. The predicted octanol–water partition coefficient (Wildman–Crippen LogP) is 2.14. The molecule has 15 heavy (non-hydrogen) atoms. The first-order valence-corrected chi connectivity index (χ1v) is 5.14. The molecule has 0 aromatic carbocycles. The maximum absolute atomic E-state index is 10.9. The summed E-state index contributed by atoms with van der Waals surface area (Å²) in [4.78, 5) is 15.0. The zero-order valence-corrected chi connectivity index (χ0v) is 8.81. The SMILES string of the molecule is CCCC[C@H](Nc1ccccn1)C(=O)O. The number of rotatable bonds is 6. The Labute approximate surface area is 89.3 Å². The Bertz CT molecular complexity index is 301. The van der Waals surface area contributed by atoms with Gasteiger partial charge in [-0.25, -0.2) is 9.78 Å². The second-order valence-corrected chi connectivity index (χ2v) is 3.39. The summed E-state index contributed by atoms with van der Waals surface area (Å²) in [6, 6.07) is 4.85. The van der Waals surface area contributed by atoms with E-state index in [0.717, 1.165) is 12.8 Å². The average Bonchev–Trinajstić information content (AvgIpc) is 2.25. The molecule has 82 valence electrons. The van der Waals surface area contributed by atoms with Gasteiger partial charge >= 0.3 is 5.97 Å². The summed E-state index contributed by atoms with van der Waals surface area (Å²) in [7, 11) is 0. The second-order valence-electron chi connectivity index (χ2n) is 3.39. The van der Waals surface area contributed by atoms with Crippen LogP contribution in [0.4, 0.5) is 5.82 Å². The Morgan fingerprint density at radius 3 is 2.93 bits per heavy atom. The van der Waals surface area contributed by atoms with E-state index < -0.39 is 12.0 Å². The molecule has 0 bridgehead atoms. The fourth-order valence-electron chi connectivity index (χ4n) is 1.29. The van der Waals surface area contributed by atoms with Crippen molar-refractivity contribution in [2.24, 2.45) is 0 Å². The minimum absolute atomic E-state index is 0.542. The summed E-state index contributed by atoms with van der Waals surface area (Å²) < 4.78 is 0. The molecule has 0 spiro atoms. The first-order chi connectivity index (χ1) is 7.24. The largest absolute Gasteiger partial charge is 0.480 e. The quantitative estimate of drug-likeness (QED) is 0.751. The van der Waals surface area contributed by atoms with Crippen LogP contribution < -0.4 is 5.32 Å². The van der Waals surface area contributed by atoms with E-state index in [2.05, 4.69) is 10.3 Å². The number of unbranched alkanes of at least 4 members (excludes halogenated alkanes) is 1. The van der Waals surface area contributed by atoms with Crippen molar-refractivity contribution >= 4 is 11.8 Å². The number of aliphatic carboxylic acids is 1. The first kappa shape index (κ1) is 11.5. The Morgan fingerprint density at radius 1 is 1.60 bits per heavy atom. The monoisotopic (exact) mass is 208 g/mol. The van der Waals surface area contributed by atoms with Crippen molar-refractivity contribution in [3.8, 4) is 0 Å². The number of pyridine rings is 1. The molecule has 1 aromatic heterocycles. The maximum Gasteiger partial charge on any atom is 0.326 e. The molecule has 0 amide bonds. The van der Waals surface area contributed by atoms with Gasteiger partial charge < -0.3 is 10.4 Å². The van der Waals surface area contributed by atoms with Gasteiger partial charge in [-0.1, -0.05) is 25.8 Å². The summed E-state index contributed by atoms with van der Waals surface area (Å²) in [6.07, 6.45) is 4.16. The zero-order valence-electron chi connectivity index (χ0n) is 8.81. The average molecular weight is 208 g/mol. The highest BCUT2D eigenvalue weighted by Crippen LogP contribution is 2.08. The number of carboxylic acid groups (broad SMARTS) is 1. The molecule has 0 saturated heterocycles. The van der Waals surface area contributed by atoms with E-state index in [4.69, 9.17) is 5.11 Å². The van der Waals surface area contributed by atoms with Crippen LogP contribution in [0.15, 0.2) is 24.4 Å². The van der Waals surface area contributed by atoms with Gasteiger partial charge in [0.25, 0.3) is 0 Å². The van der Waals surface area contributed by atoms with Crippen LogP contribution in [-0.2, 0) is 4.79 Å². The van der Waals surface area contributed by atoms with Crippen LogP contribution in [0.1, 0.15) is 26.2 Å². The van der Waals surface area contributed by atoms with Gasteiger partial charge in [-0.3, -0.25) is 0 Å². The molecule has 2 N–H and O–H groups in total. The summed E-state index contributed by atoms with van der Waals surface area (Å²) in [5, 5.41) is 11.9.